The van der Waals surface area contributed by atoms with Crippen LogP contribution in [0.5, 0.6) is 0 Å². The quantitative estimate of drug-likeness (QED) is 0.651. The summed E-state index contributed by atoms with van der Waals surface area (Å²) in [5.41, 5.74) is 3.45. The number of hydrogen-bond acceptors (Lipinski definition) is 0. The van der Waals surface area contributed by atoms with E-state index in [2.05, 4.69) is 37.3 Å². The van der Waals surface area contributed by atoms with Gasteiger partial charge in [-0.3, -0.25) is 0 Å². The lowest BCUT2D eigenvalue weighted by atomic mass is 10.0. The maximum Gasteiger partial charge on any atom is 0.0412 e. The van der Waals surface area contributed by atoms with Gasteiger partial charge in [-0.1, -0.05) is 47.5 Å². The van der Waals surface area contributed by atoms with Gasteiger partial charge in [-0.2, -0.15) is 0 Å². The zero-order valence-corrected chi connectivity index (χ0v) is 8.68. The maximum atomic E-state index is 5.91. The number of halogens is 1. The maximum absolute atomic E-state index is 5.91. The van der Waals surface area contributed by atoms with Gasteiger partial charge < -0.3 is 0 Å². The first-order valence-electron chi connectivity index (χ1n) is 4.50. The molecule has 1 heteroatoms. The van der Waals surface area contributed by atoms with Crippen LogP contribution in [0.15, 0.2) is 42.5 Å². The van der Waals surface area contributed by atoms with E-state index in [9.17, 15) is 0 Å². The van der Waals surface area contributed by atoms with Crippen molar-refractivity contribution in [2.45, 2.75) is 6.92 Å². The molecule has 69 valence electrons. The van der Waals surface area contributed by atoms with Crippen molar-refractivity contribution in [2.24, 2.45) is 0 Å². The molecule has 0 saturated carbocycles. The van der Waals surface area contributed by atoms with E-state index in [0.717, 1.165) is 16.1 Å². The van der Waals surface area contributed by atoms with Gasteiger partial charge in [0.2, 0.25) is 0 Å². The third-order valence-electron chi connectivity index (χ3n) is 2.13. The molecule has 0 fully saturated rings. The lowest BCUT2D eigenvalue weighted by molar-refractivity contribution is 1.47. The van der Waals surface area contributed by atoms with Crippen LogP contribution in [0.1, 0.15) is 5.56 Å². The van der Waals surface area contributed by atoms with Crippen molar-refractivity contribution < 1.29 is 0 Å². The van der Waals surface area contributed by atoms with Crippen molar-refractivity contribution in [1.82, 2.24) is 0 Å². The Labute approximate surface area is 89.2 Å². The summed E-state index contributed by atoms with van der Waals surface area (Å²) in [5, 5.41) is 0.749. The summed E-state index contributed by atoms with van der Waals surface area (Å²) in [6.45, 7) is 2.07. The van der Waals surface area contributed by atoms with Gasteiger partial charge in [0.05, 0.1) is 0 Å². The molecule has 2 aromatic rings. The highest BCUT2D eigenvalue weighted by molar-refractivity contribution is 6.30. The second-order valence-electron chi connectivity index (χ2n) is 3.29. The largest absolute Gasteiger partial charge is 0.0843 e. The minimum atomic E-state index is 0.749. The van der Waals surface area contributed by atoms with Crippen LogP contribution in [-0.2, 0) is 0 Å². The fourth-order valence-electron chi connectivity index (χ4n) is 1.34. The van der Waals surface area contributed by atoms with Crippen LogP contribution in [0.3, 0.4) is 0 Å². The Balaban J connectivity index is 2.44. The smallest absolute Gasteiger partial charge is 0.0412 e. The van der Waals surface area contributed by atoms with Crippen molar-refractivity contribution >= 4 is 11.6 Å². The molecular formula is C13H10Cl. The van der Waals surface area contributed by atoms with Crippen LogP contribution < -0.4 is 0 Å². The Hall–Kier alpha value is -1.27. The third kappa shape index (κ3) is 1.97. The number of benzene rings is 2. The lowest BCUT2D eigenvalue weighted by Crippen LogP contribution is -1.78. The van der Waals surface area contributed by atoms with Gasteiger partial charge in [-0.05, 0) is 36.2 Å². The summed E-state index contributed by atoms with van der Waals surface area (Å²) in [7, 11) is 0. The molecule has 0 atom stereocenters. The molecule has 0 nitrogen and oxygen atoms in total. The molecule has 0 aliphatic carbocycles. The SMILES string of the molecule is Cc1ccc(-c2[c]ccc(Cl)c2)cc1. The molecule has 0 unspecified atom stereocenters. The minimum Gasteiger partial charge on any atom is -0.0843 e. The molecule has 1 radical (unpaired) electrons. The highest BCUT2D eigenvalue weighted by Crippen LogP contribution is 2.22. The van der Waals surface area contributed by atoms with Crippen LogP contribution in [0.25, 0.3) is 11.1 Å². The predicted octanol–water partition coefficient (Wildman–Crippen LogP) is 4.12. The van der Waals surface area contributed by atoms with E-state index in [1.54, 1.807) is 0 Å². The molecule has 0 heterocycles. The number of hydrogen-bond donors (Lipinski definition) is 0. The first-order chi connectivity index (χ1) is 6.75. The summed E-state index contributed by atoms with van der Waals surface area (Å²) in [6, 6.07) is 17.1. The first kappa shape index (κ1) is 9.29. The topological polar surface area (TPSA) is 0 Å². The Kier molecular flexibility index (Phi) is 2.55. The Bertz CT molecular complexity index is 429. The highest BCUT2D eigenvalue weighted by Gasteiger charge is 1.97. The molecule has 0 amide bonds. The van der Waals surface area contributed by atoms with E-state index in [0.29, 0.717) is 0 Å². The summed E-state index contributed by atoms with van der Waals surface area (Å²) in [5.74, 6) is 0. The predicted molar refractivity (Wildman–Crippen MR) is 60.5 cm³/mol. The second kappa shape index (κ2) is 3.85. The third-order valence-corrected chi connectivity index (χ3v) is 2.36. The van der Waals surface area contributed by atoms with Crippen molar-refractivity contribution in [2.75, 3.05) is 0 Å². The second-order valence-corrected chi connectivity index (χ2v) is 3.72. The van der Waals surface area contributed by atoms with Gasteiger partial charge in [-0.25, -0.2) is 0 Å². The molecule has 0 aliphatic rings. The van der Waals surface area contributed by atoms with E-state index in [4.69, 9.17) is 11.6 Å². The van der Waals surface area contributed by atoms with Crippen LogP contribution in [0.2, 0.25) is 5.02 Å². The van der Waals surface area contributed by atoms with Crippen LogP contribution in [0.4, 0.5) is 0 Å². The fourth-order valence-corrected chi connectivity index (χ4v) is 1.51. The molecule has 2 rings (SSSR count). The Morgan fingerprint density at radius 3 is 2.43 bits per heavy atom. The average molecular weight is 202 g/mol. The van der Waals surface area contributed by atoms with E-state index < -0.39 is 0 Å². The van der Waals surface area contributed by atoms with Crippen molar-refractivity contribution in [1.29, 1.82) is 0 Å². The molecule has 0 N–H and O–H groups in total. The van der Waals surface area contributed by atoms with Gasteiger partial charge in [-0.15, -0.1) is 0 Å². The van der Waals surface area contributed by atoms with E-state index in [-0.39, 0.29) is 0 Å². The van der Waals surface area contributed by atoms with Gasteiger partial charge in [0.15, 0.2) is 0 Å². The summed E-state index contributed by atoms with van der Waals surface area (Å²) in [6.07, 6.45) is 0. The lowest BCUT2D eigenvalue weighted by Gasteiger charge is -2.01. The normalized spacial score (nSPS) is 10.1. The summed E-state index contributed by atoms with van der Waals surface area (Å²) >= 11 is 5.91. The van der Waals surface area contributed by atoms with Crippen LogP contribution >= 0.6 is 11.6 Å². The zero-order valence-electron chi connectivity index (χ0n) is 7.92. The van der Waals surface area contributed by atoms with E-state index in [1.807, 2.05) is 18.2 Å². The molecule has 0 spiro atoms. The zero-order chi connectivity index (χ0) is 9.97. The van der Waals surface area contributed by atoms with Crippen molar-refractivity contribution in [3.8, 4) is 11.1 Å². The summed E-state index contributed by atoms with van der Waals surface area (Å²) < 4.78 is 0. The standard InChI is InChI=1S/C13H10Cl/c1-10-5-7-11(8-6-10)12-3-2-4-13(14)9-12/h2,4-9H,1H3. The van der Waals surface area contributed by atoms with Crippen LogP contribution in [-0.4, -0.2) is 0 Å². The van der Waals surface area contributed by atoms with Gasteiger partial charge in [0, 0.05) is 5.02 Å². The van der Waals surface area contributed by atoms with Gasteiger partial charge >= 0.3 is 0 Å². The van der Waals surface area contributed by atoms with E-state index in [1.165, 1.54) is 5.56 Å². The number of aryl methyl sites for hydroxylation is 1. The summed E-state index contributed by atoms with van der Waals surface area (Å²) in [4.78, 5) is 0. The average Bonchev–Trinajstić information content (AvgIpc) is 2.19. The molecule has 14 heavy (non-hydrogen) atoms. The molecule has 0 aliphatic heterocycles. The Morgan fingerprint density at radius 1 is 1.07 bits per heavy atom. The van der Waals surface area contributed by atoms with E-state index >= 15 is 0 Å². The molecule has 0 saturated heterocycles. The molecule has 0 bridgehead atoms. The van der Waals surface area contributed by atoms with Crippen molar-refractivity contribution in [3.05, 3.63) is 59.1 Å². The van der Waals surface area contributed by atoms with Crippen LogP contribution in [0, 0.1) is 13.0 Å². The Morgan fingerprint density at radius 2 is 1.79 bits per heavy atom. The number of rotatable bonds is 1. The van der Waals surface area contributed by atoms with Gasteiger partial charge in [0.1, 0.15) is 0 Å². The highest BCUT2D eigenvalue weighted by atomic mass is 35.5. The fraction of sp³-hybridized carbons (Fsp3) is 0.0769. The first-order valence-corrected chi connectivity index (χ1v) is 4.88. The molecule has 2 aromatic carbocycles. The molecular weight excluding hydrogens is 192 g/mol. The van der Waals surface area contributed by atoms with Crippen molar-refractivity contribution in [3.63, 3.8) is 0 Å². The molecule has 0 aromatic heterocycles. The minimum absolute atomic E-state index is 0.749. The monoisotopic (exact) mass is 201 g/mol. The van der Waals surface area contributed by atoms with Gasteiger partial charge in [0.25, 0.3) is 0 Å².